The average Bonchev–Trinajstić information content (AvgIpc) is 2.68. The number of nitrogens with zero attached hydrogens (tertiary/aromatic N) is 2. The summed E-state index contributed by atoms with van der Waals surface area (Å²) in [6.45, 7) is 1.25. The molecule has 4 amide bonds. The molecule has 6 nitrogen and oxygen atoms in total. The third kappa shape index (κ3) is 2.57. The summed E-state index contributed by atoms with van der Waals surface area (Å²) in [5.74, 6) is -0.0835. The summed E-state index contributed by atoms with van der Waals surface area (Å²) >= 11 is 0. The highest BCUT2D eigenvalue weighted by Crippen LogP contribution is 2.17. The number of benzene rings is 1. The quantitative estimate of drug-likeness (QED) is 0.762. The Kier molecular flexibility index (Phi) is 3.50. The third-order valence-electron chi connectivity index (χ3n) is 2.94. The zero-order valence-corrected chi connectivity index (χ0v) is 10.8. The van der Waals surface area contributed by atoms with Crippen LogP contribution in [0.15, 0.2) is 24.3 Å². The molecule has 0 spiro atoms. The molecule has 1 saturated heterocycles. The van der Waals surface area contributed by atoms with Crippen molar-refractivity contribution < 1.29 is 19.1 Å². The highest BCUT2D eigenvalue weighted by atomic mass is 16.5. The molecule has 19 heavy (non-hydrogen) atoms. The van der Waals surface area contributed by atoms with Gasteiger partial charge in [-0.05, 0) is 17.7 Å². The van der Waals surface area contributed by atoms with E-state index in [9.17, 15) is 14.4 Å². The normalized spacial score (nSPS) is 15.1. The van der Waals surface area contributed by atoms with Gasteiger partial charge in [-0.25, -0.2) is 4.79 Å². The smallest absolute Gasteiger partial charge is 0.334 e. The van der Waals surface area contributed by atoms with Crippen molar-refractivity contribution >= 4 is 17.8 Å². The molecule has 0 saturated carbocycles. The number of ether oxygens (including phenoxy) is 1. The van der Waals surface area contributed by atoms with Crippen molar-refractivity contribution in [3.05, 3.63) is 29.8 Å². The average molecular weight is 262 g/mol. The Hall–Kier alpha value is -2.37. The summed E-state index contributed by atoms with van der Waals surface area (Å²) in [6, 6.07) is 6.49. The second-order valence-electron chi connectivity index (χ2n) is 4.22. The van der Waals surface area contributed by atoms with Crippen LogP contribution in [-0.2, 0) is 16.1 Å². The van der Waals surface area contributed by atoms with Gasteiger partial charge in [-0.2, -0.15) is 0 Å². The molecule has 1 fully saturated rings. The number of hydrogen-bond donors (Lipinski definition) is 0. The zero-order chi connectivity index (χ0) is 14.0. The largest absolute Gasteiger partial charge is 0.497 e. The molecular formula is C13H14N2O4. The van der Waals surface area contributed by atoms with Gasteiger partial charge in [0.05, 0.1) is 13.7 Å². The lowest BCUT2D eigenvalue weighted by Gasteiger charge is -2.14. The summed E-state index contributed by atoms with van der Waals surface area (Å²) in [5.41, 5.74) is 0.799. The van der Waals surface area contributed by atoms with Crippen molar-refractivity contribution in [2.75, 3.05) is 13.7 Å². The van der Waals surface area contributed by atoms with E-state index in [2.05, 4.69) is 0 Å². The van der Waals surface area contributed by atoms with E-state index in [-0.39, 0.29) is 19.0 Å². The number of imide groups is 2. The Morgan fingerprint density at radius 2 is 1.89 bits per heavy atom. The maximum atomic E-state index is 11.9. The van der Waals surface area contributed by atoms with Crippen LogP contribution in [0.3, 0.4) is 0 Å². The van der Waals surface area contributed by atoms with Crippen LogP contribution < -0.4 is 4.74 Å². The molecule has 0 aromatic heterocycles. The minimum Gasteiger partial charge on any atom is -0.497 e. The van der Waals surface area contributed by atoms with Gasteiger partial charge < -0.3 is 4.74 Å². The van der Waals surface area contributed by atoms with Gasteiger partial charge in [-0.1, -0.05) is 12.1 Å². The Bertz CT molecular complexity index is 524. The van der Waals surface area contributed by atoms with Crippen LogP contribution in [-0.4, -0.2) is 41.3 Å². The van der Waals surface area contributed by atoms with E-state index < -0.39 is 11.9 Å². The predicted octanol–water partition coefficient (Wildman–Crippen LogP) is 1.01. The van der Waals surface area contributed by atoms with Gasteiger partial charge in [-0.15, -0.1) is 0 Å². The van der Waals surface area contributed by atoms with Gasteiger partial charge in [-0.3, -0.25) is 19.4 Å². The van der Waals surface area contributed by atoms with Crippen LogP contribution in [0.5, 0.6) is 5.75 Å². The Morgan fingerprint density at radius 1 is 1.26 bits per heavy atom. The molecule has 0 aliphatic carbocycles. The van der Waals surface area contributed by atoms with Crippen LogP contribution in [0.1, 0.15) is 12.5 Å². The monoisotopic (exact) mass is 262 g/mol. The fourth-order valence-electron chi connectivity index (χ4n) is 1.86. The Morgan fingerprint density at radius 3 is 2.37 bits per heavy atom. The van der Waals surface area contributed by atoms with Gasteiger partial charge >= 0.3 is 6.03 Å². The van der Waals surface area contributed by atoms with E-state index in [1.807, 2.05) is 0 Å². The van der Waals surface area contributed by atoms with Crippen molar-refractivity contribution in [2.45, 2.75) is 13.5 Å². The van der Waals surface area contributed by atoms with Crippen molar-refractivity contribution in [3.63, 3.8) is 0 Å². The Labute approximate surface area is 110 Å². The fourth-order valence-corrected chi connectivity index (χ4v) is 1.86. The minimum absolute atomic E-state index is 0.158. The minimum atomic E-state index is -0.562. The molecule has 0 unspecified atom stereocenters. The highest BCUT2D eigenvalue weighted by Gasteiger charge is 2.37. The van der Waals surface area contributed by atoms with Crippen molar-refractivity contribution in [1.82, 2.24) is 9.80 Å². The van der Waals surface area contributed by atoms with Gasteiger partial charge in [0.1, 0.15) is 12.3 Å². The first-order chi connectivity index (χ1) is 9.02. The van der Waals surface area contributed by atoms with Gasteiger partial charge in [0, 0.05) is 6.92 Å². The van der Waals surface area contributed by atoms with Crippen LogP contribution in [0.25, 0.3) is 0 Å². The van der Waals surface area contributed by atoms with Crippen LogP contribution in [0, 0.1) is 0 Å². The summed E-state index contributed by atoms with van der Waals surface area (Å²) in [4.78, 5) is 36.8. The molecule has 2 rings (SSSR count). The molecule has 1 aromatic carbocycles. The lowest BCUT2D eigenvalue weighted by molar-refractivity contribution is -0.129. The van der Waals surface area contributed by atoms with Gasteiger partial charge in [0.25, 0.3) is 5.91 Å². The summed E-state index contributed by atoms with van der Waals surface area (Å²) in [6.07, 6.45) is 0. The topological polar surface area (TPSA) is 66.9 Å². The third-order valence-corrected chi connectivity index (χ3v) is 2.94. The SMILES string of the molecule is COc1ccc(CN2C(=O)CN(C(C)=O)C2=O)cc1. The molecule has 1 aromatic rings. The van der Waals surface area contributed by atoms with Crippen molar-refractivity contribution in [2.24, 2.45) is 0 Å². The Balaban J connectivity index is 2.12. The van der Waals surface area contributed by atoms with Gasteiger partial charge in [0.2, 0.25) is 5.91 Å². The van der Waals surface area contributed by atoms with E-state index in [0.29, 0.717) is 5.75 Å². The predicted molar refractivity (Wildman–Crippen MR) is 66.3 cm³/mol. The second kappa shape index (κ2) is 5.09. The highest BCUT2D eigenvalue weighted by molar-refractivity contribution is 6.09. The van der Waals surface area contributed by atoms with Crippen LogP contribution >= 0.6 is 0 Å². The van der Waals surface area contributed by atoms with Crippen molar-refractivity contribution in [1.29, 1.82) is 0 Å². The molecule has 100 valence electrons. The molecule has 0 radical (unpaired) electrons. The van der Waals surface area contributed by atoms with Crippen molar-refractivity contribution in [3.8, 4) is 5.75 Å². The number of methoxy groups -OCH3 is 1. The maximum Gasteiger partial charge on any atom is 0.334 e. The first kappa shape index (κ1) is 13.1. The molecule has 6 heteroatoms. The number of amides is 4. The summed E-state index contributed by atoms with van der Waals surface area (Å²) in [5, 5.41) is 0. The van der Waals surface area contributed by atoms with Gasteiger partial charge in [0.15, 0.2) is 0 Å². The number of urea groups is 1. The molecule has 0 bridgehead atoms. The second-order valence-corrected chi connectivity index (χ2v) is 4.22. The van der Waals surface area contributed by atoms with E-state index in [4.69, 9.17) is 4.74 Å². The summed E-state index contributed by atoms with van der Waals surface area (Å²) < 4.78 is 5.03. The number of carbonyl (C=O) groups excluding carboxylic acids is 3. The molecule has 0 N–H and O–H groups in total. The standard InChI is InChI=1S/C13H14N2O4/c1-9(16)14-8-12(17)15(13(14)18)7-10-3-5-11(19-2)6-4-10/h3-6H,7-8H2,1-2H3. The summed E-state index contributed by atoms with van der Waals surface area (Å²) in [7, 11) is 1.56. The first-order valence-corrected chi connectivity index (χ1v) is 5.78. The van der Waals surface area contributed by atoms with Crippen LogP contribution in [0.4, 0.5) is 4.79 Å². The lowest BCUT2D eigenvalue weighted by Crippen LogP contribution is -2.34. The fraction of sp³-hybridized carbons (Fsp3) is 0.308. The lowest BCUT2D eigenvalue weighted by atomic mass is 10.2. The number of carbonyl (C=O) groups is 3. The first-order valence-electron chi connectivity index (χ1n) is 5.78. The molecule has 0 atom stereocenters. The van der Waals surface area contributed by atoms with E-state index in [1.54, 1.807) is 31.4 Å². The molecular weight excluding hydrogens is 248 g/mol. The number of hydrogen-bond acceptors (Lipinski definition) is 4. The van der Waals surface area contributed by atoms with Crippen LogP contribution in [0.2, 0.25) is 0 Å². The van der Waals surface area contributed by atoms with E-state index >= 15 is 0 Å². The number of rotatable bonds is 3. The molecule has 1 heterocycles. The van der Waals surface area contributed by atoms with E-state index in [0.717, 1.165) is 15.4 Å². The maximum absolute atomic E-state index is 11.9. The molecule has 1 aliphatic rings. The molecule has 1 aliphatic heterocycles. The zero-order valence-electron chi connectivity index (χ0n) is 10.8. The van der Waals surface area contributed by atoms with E-state index in [1.165, 1.54) is 6.92 Å².